The topological polar surface area (TPSA) is 30.5 Å². The molecule has 0 bridgehead atoms. The number of nitrogens with one attached hydrogen (secondary N) is 1. The third-order valence-corrected chi connectivity index (χ3v) is 4.43. The van der Waals surface area contributed by atoms with E-state index in [4.69, 9.17) is 9.47 Å². The lowest BCUT2D eigenvalue weighted by atomic mass is 9.89. The largest absolute Gasteiger partial charge is 0.490 e. The molecule has 1 N–H and O–H groups in total. The Hall–Kier alpha value is -0.580. The minimum absolute atomic E-state index is 0.270. The summed E-state index contributed by atoms with van der Waals surface area (Å²) in [6.07, 6.45) is 2.41. The van der Waals surface area contributed by atoms with Crippen LogP contribution < -0.4 is 10.1 Å². The van der Waals surface area contributed by atoms with Gasteiger partial charge in [-0.2, -0.15) is 0 Å². The van der Waals surface area contributed by atoms with Gasteiger partial charge in [0.25, 0.3) is 0 Å². The molecule has 2 aliphatic heterocycles. The molecule has 0 saturated carbocycles. The molecule has 3 unspecified atom stereocenters. The molecule has 4 heteroatoms. The van der Waals surface area contributed by atoms with Crippen LogP contribution in [0.15, 0.2) is 22.7 Å². The number of hydrogen-bond acceptors (Lipinski definition) is 3. The van der Waals surface area contributed by atoms with Gasteiger partial charge in [-0.15, -0.1) is 0 Å². The Kier molecular flexibility index (Phi) is 3.59. The smallest absolute Gasteiger partial charge is 0.125 e. The van der Waals surface area contributed by atoms with Crippen LogP contribution in [0.5, 0.6) is 5.75 Å². The lowest BCUT2D eigenvalue weighted by molar-refractivity contribution is 0.0813. The van der Waals surface area contributed by atoms with E-state index in [1.54, 1.807) is 0 Å². The molecular formula is C14H18BrNO2. The van der Waals surface area contributed by atoms with Crippen molar-refractivity contribution in [2.24, 2.45) is 5.92 Å². The Balaban J connectivity index is 1.87. The molecule has 3 nitrogen and oxygen atoms in total. The van der Waals surface area contributed by atoms with Crippen LogP contribution >= 0.6 is 15.9 Å². The average Bonchev–Trinajstić information content (AvgIpc) is 2.90. The van der Waals surface area contributed by atoms with Crippen LogP contribution in [0.2, 0.25) is 0 Å². The van der Waals surface area contributed by atoms with E-state index in [1.165, 1.54) is 5.56 Å². The summed E-state index contributed by atoms with van der Waals surface area (Å²) >= 11 is 3.51. The number of hydrogen-bond donors (Lipinski definition) is 1. The van der Waals surface area contributed by atoms with Crippen molar-refractivity contribution in [1.29, 1.82) is 0 Å². The number of benzene rings is 1. The van der Waals surface area contributed by atoms with Crippen molar-refractivity contribution in [2.45, 2.75) is 25.0 Å². The van der Waals surface area contributed by atoms with Crippen molar-refractivity contribution in [3.63, 3.8) is 0 Å². The zero-order valence-electron chi connectivity index (χ0n) is 10.5. The van der Waals surface area contributed by atoms with Gasteiger partial charge in [0.05, 0.1) is 6.61 Å². The van der Waals surface area contributed by atoms with Gasteiger partial charge in [0.15, 0.2) is 0 Å². The first-order valence-electron chi connectivity index (χ1n) is 6.49. The Morgan fingerprint density at radius 2 is 2.28 bits per heavy atom. The third-order valence-electron chi connectivity index (χ3n) is 3.94. The summed E-state index contributed by atoms with van der Waals surface area (Å²) in [7, 11) is 2.02. The summed E-state index contributed by atoms with van der Waals surface area (Å²) in [5.74, 6) is 1.54. The van der Waals surface area contributed by atoms with Crippen molar-refractivity contribution in [1.82, 2.24) is 5.32 Å². The van der Waals surface area contributed by atoms with E-state index in [0.29, 0.717) is 12.0 Å². The molecule has 1 aromatic rings. The second kappa shape index (κ2) is 5.19. The van der Waals surface area contributed by atoms with Gasteiger partial charge in [-0.25, -0.2) is 0 Å². The van der Waals surface area contributed by atoms with Gasteiger partial charge in [-0.3, -0.25) is 0 Å². The molecule has 1 fully saturated rings. The normalized spacial score (nSPS) is 30.9. The fourth-order valence-corrected chi connectivity index (χ4v) is 3.22. The van der Waals surface area contributed by atoms with Gasteiger partial charge < -0.3 is 14.8 Å². The molecule has 1 saturated heterocycles. The fraction of sp³-hybridized carbons (Fsp3) is 0.571. The van der Waals surface area contributed by atoms with Gasteiger partial charge in [0.2, 0.25) is 0 Å². The van der Waals surface area contributed by atoms with Crippen LogP contribution in [-0.4, -0.2) is 26.4 Å². The molecule has 2 aliphatic rings. The molecule has 0 spiro atoms. The summed E-state index contributed by atoms with van der Waals surface area (Å²) in [5, 5.41) is 3.40. The molecular weight excluding hydrogens is 294 g/mol. The molecule has 3 rings (SSSR count). The predicted molar refractivity (Wildman–Crippen MR) is 73.9 cm³/mol. The first-order valence-corrected chi connectivity index (χ1v) is 7.28. The SMILES string of the molecule is CNC1CC(C2CCOC2)Oc2cc(Br)ccc21. The van der Waals surface area contributed by atoms with Crippen LogP contribution in [0.1, 0.15) is 24.4 Å². The van der Waals surface area contributed by atoms with Crippen LogP contribution in [0, 0.1) is 5.92 Å². The average molecular weight is 312 g/mol. The highest BCUT2D eigenvalue weighted by Gasteiger charge is 2.34. The predicted octanol–water partition coefficient (Wildman–Crippen LogP) is 2.90. The second-order valence-electron chi connectivity index (χ2n) is 5.04. The monoisotopic (exact) mass is 311 g/mol. The highest BCUT2D eigenvalue weighted by atomic mass is 79.9. The summed E-state index contributed by atoms with van der Waals surface area (Å²) < 4.78 is 12.7. The van der Waals surface area contributed by atoms with Crippen LogP contribution in [0.25, 0.3) is 0 Å². The van der Waals surface area contributed by atoms with E-state index in [-0.39, 0.29) is 6.10 Å². The van der Waals surface area contributed by atoms with Crippen molar-refractivity contribution >= 4 is 15.9 Å². The molecule has 0 amide bonds. The Morgan fingerprint density at radius 1 is 1.39 bits per heavy atom. The zero-order valence-corrected chi connectivity index (χ0v) is 12.1. The molecule has 98 valence electrons. The van der Waals surface area contributed by atoms with E-state index in [9.17, 15) is 0 Å². The summed E-state index contributed by atoms with van der Waals surface area (Å²) in [4.78, 5) is 0. The number of rotatable bonds is 2. The van der Waals surface area contributed by atoms with E-state index in [0.717, 1.165) is 36.3 Å². The molecule has 1 aromatic carbocycles. The van der Waals surface area contributed by atoms with Gasteiger partial charge in [-0.1, -0.05) is 22.0 Å². The first kappa shape index (κ1) is 12.5. The highest BCUT2D eigenvalue weighted by Crippen LogP contribution is 2.39. The van der Waals surface area contributed by atoms with Crippen LogP contribution in [0.3, 0.4) is 0 Å². The zero-order chi connectivity index (χ0) is 12.5. The van der Waals surface area contributed by atoms with Gasteiger partial charge in [0, 0.05) is 35.0 Å². The standard InChI is InChI=1S/C14H18BrNO2/c1-16-12-7-13(9-4-5-17-8-9)18-14-6-10(15)2-3-11(12)14/h2-3,6,9,12-13,16H,4-5,7-8H2,1H3. The number of halogens is 1. The Bertz CT molecular complexity index is 432. The van der Waals surface area contributed by atoms with Crippen molar-refractivity contribution < 1.29 is 9.47 Å². The maximum atomic E-state index is 6.18. The molecule has 2 heterocycles. The number of fused-ring (bicyclic) bond motifs is 1. The van der Waals surface area contributed by atoms with E-state index < -0.39 is 0 Å². The fourth-order valence-electron chi connectivity index (χ4n) is 2.88. The summed E-state index contributed by atoms with van der Waals surface area (Å²) in [6, 6.07) is 6.67. The minimum Gasteiger partial charge on any atom is -0.490 e. The molecule has 3 atom stereocenters. The van der Waals surface area contributed by atoms with Crippen LogP contribution in [-0.2, 0) is 4.74 Å². The summed E-state index contributed by atoms with van der Waals surface area (Å²) in [6.45, 7) is 1.71. The lowest BCUT2D eigenvalue weighted by Gasteiger charge is -2.34. The van der Waals surface area contributed by atoms with E-state index in [2.05, 4.69) is 39.4 Å². The quantitative estimate of drug-likeness (QED) is 0.911. The molecule has 0 aromatic heterocycles. The first-order chi connectivity index (χ1) is 8.78. The van der Waals surface area contributed by atoms with Crippen molar-refractivity contribution in [2.75, 3.05) is 20.3 Å². The highest BCUT2D eigenvalue weighted by molar-refractivity contribution is 9.10. The van der Waals surface area contributed by atoms with Gasteiger partial charge in [-0.05, 0) is 25.6 Å². The van der Waals surface area contributed by atoms with E-state index >= 15 is 0 Å². The lowest BCUT2D eigenvalue weighted by Crippen LogP contribution is -2.36. The summed E-state index contributed by atoms with van der Waals surface area (Å²) in [5.41, 5.74) is 1.26. The minimum atomic E-state index is 0.270. The number of ether oxygens (including phenoxy) is 2. The van der Waals surface area contributed by atoms with Gasteiger partial charge >= 0.3 is 0 Å². The third kappa shape index (κ3) is 2.29. The maximum Gasteiger partial charge on any atom is 0.125 e. The van der Waals surface area contributed by atoms with Crippen LogP contribution in [0.4, 0.5) is 0 Å². The second-order valence-corrected chi connectivity index (χ2v) is 5.95. The van der Waals surface area contributed by atoms with Gasteiger partial charge in [0.1, 0.15) is 11.9 Å². The molecule has 0 radical (unpaired) electrons. The van der Waals surface area contributed by atoms with E-state index in [1.807, 2.05) is 7.05 Å². The molecule has 18 heavy (non-hydrogen) atoms. The van der Waals surface area contributed by atoms with Crippen molar-refractivity contribution in [3.8, 4) is 5.75 Å². The molecule has 0 aliphatic carbocycles. The van der Waals surface area contributed by atoms with Crippen molar-refractivity contribution in [3.05, 3.63) is 28.2 Å². The maximum absolute atomic E-state index is 6.18. The Morgan fingerprint density at radius 3 is 3.00 bits per heavy atom. The Labute approximate surface area is 116 Å².